The zero-order valence-corrected chi connectivity index (χ0v) is 23.4. The minimum atomic E-state index is -4.96. The number of carbonyl (C=O) groups is 1. The molecular weight excluding hydrogens is 559 g/mol. The van der Waals surface area contributed by atoms with E-state index in [0.717, 1.165) is 12.1 Å². The van der Waals surface area contributed by atoms with Gasteiger partial charge in [-0.1, -0.05) is 0 Å². The molecule has 1 N–H and O–H groups in total. The number of nitrogens with one attached hydrogen (secondary N) is 1. The van der Waals surface area contributed by atoms with Crippen molar-refractivity contribution in [3.05, 3.63) is 65.5 Å². The highest BCUT2D eigenvalue weighted by Crippen LogP contribution is 2.37. The first-order valence-corrected chi connectivity index (χ1v) is 13.6. The minimum Gasteiger partial charge on any atom is -0.378 e. The van der Waals surface area contributed by atoms with Crippen LogP contribution in [0.25, 0.3) is 11.1 Å². The first-order chi connectivity index (χ1) is 19.9. The number of benzene rings is 2. The van der Waals surface area contributed by atoms with E-state index < -0.39 is 34.8 Å². The van der Waals surface area contributed by atoms with Gasteiger partial charge in [0.15, 0.2) is 0 Å². The van der Waals surface area contributed by atoms with Crippen molar-refractivity contribution in [3.8, 4) is 11.1 Å². The number of halogens is 5. The third-order valence-corrected chi connectivity index (χ3v) is 7.81. The van der Waals surface area contributed by atoms with Crippen LogP contribution in [0.4, 0.5) is 39.3 Å². The van der Waals surface area contributed by atoms with Gasteiger partial charge in [-0.15, -0.1) is 0 Å². The van der Waals surface area contributed by atoms with E-state index in [1.165, 1.54) is 24.5 Å². The Kier molecular flexibility index (Phi) is 8.33. The van der Waals surface area contributed by atoms with Crippen LogP contribution < -0.4 is 15.1 Å². The summed E-state index contributed by atoms with van der Waals surface area (Å²) in [5.74, 6) is -2.37. The molecule has 5 rings (SSSR count). The Bertz CT molecular complexity index is 1430. The second kappa shape index (κ2) is 11.8. The molecule has 0 bridgehead atoms. The summed E-state index contributed by atoms with van der Waals surface area (Å²) >= 11 is 0. The van der Waals surface area contributed by atoms with Crippen molar-refractivity contribution in [1.82, 2.24) is 14.9 Å². The number of aromatic nitrogens is 2. The molecule has 3 aromatic rings. The molecule has 2 saturated heterocycles. The normalized spacial score (nSPS) is 20.1. The Morgan fingerprint density at radius 3 is 2.24 bits per heavy atom. The van der Waals surface area contributed by atoms with E-state index in [-0.39, 0.29) is 29.4 Å². The van der Waals surface area contributed by atoms with Gasteiger partial charge < -0.3 is 19.9 Å². The number of piperazine rings is 1. The van der Waals surface area contributed by atoms with Crippen LogP contribution in [0.2, 0.25) is 0 Å². The Morgan fingerprint density at radius 2 is 1.62 bits per heavy atom. The maximum Gasteiger partial charge on any atom is 0.417 e. The topological polar surface area (TPSA) is 73.8 Å². The highest BCUT2D eigenvalue weighted by molar-refractivity contribution is 6.07. The van der Waals surface area contributed by atoms with Gasteiger partial charge in [-0.25, -0.2) is 18.7 Å². The van der Waals surface area contributed by atoms with Gasteiger partial charge in [-0.3, -0.25) is 9.69 Å². The lowest BCUT2D eigenvalue weighted by atomic mass is 10.0. The maximum absolute atomic E-state index is 15.7. The third-order valence-electron chi connectivity index (χ3n) is 7.81. The quantitative estimate of drug-likeness (QED) is 0.417. The van der Waals surface area contributed by atoms with Crippen molar-refractivity contribution in [2.24, 2.45) is 0 Å². The van der Waals surface area contributed by atoms with Crippen LogP contribution in [0.5, 0.6) is 0 Å². The van der Waals surface area contributed by atoms with Crippen molar-refractivity contribution in [1.29, 1.82) is 0 Å². The van der Waals surface area contributed by atoms with Gasteiger partial charge in [0, 0.05) is 61.8 Å². The van der Waals surface area contributed by atoms with E-state index >= 15 is 4.39 Å². The number of anilines is 3. The van der Waals surface area contributed by atoms with Crippen LogP contribution in [-0.2, 0) is 10.9 Å². The van der Waals surface area contributed by atoms with E-state index in [1.54, 1.807) is 0 Å². The number of hydrogen-bond acceptors (Lipinski definition) is 7. The van der Waals surface area contributed by atoms with Crippen molar-refractivity contribution in [3.63, 3.8) is 0 Å². The molecule has 0 aliphatic carbocycles. The zero-order chi connectivity index (χ0) is 30.2. The van der Waals surface area contributed by atoms with Crippen LogP contribution in [0.1, 0.15) is 29.8 Å². The molecule has 13 heteroatoms. The van der Waals surface area contributed by atoms with Crippen molar-refractivity contribution in [2.45, 2.75) is 32.1 Å². The fourth-order valence-corrected chi connectivity index (χ4v) is 5.27. The zero-order valence-electron chi connectivity index (χ0n) is 23.4. The standard InChI is InChI=1S/C29H31F5N6O2/c1-17-15-40(16-18(2)38(17)3)26-12-24(31)22(19-13-35-28(36-14-19)39-6-8-42-9-7-39)11-25(26)37-27(41)21-5-4-20(30)10-23(21)29(32,33)34/h4-5,10-14,17-18H,6-9,15-16H2,1-3H3,(H,37,41)/t17-,18-/m0/s1. The van der Waals surface area contributed by atoms with Crippen LogP contribution in [0.3, 0.4) is 0 Å². The summed E-state index contributed by atoms with van der Waals surface area (Å²) in [4.78, 5) is 28.0. The smallest absolute Gasteiger partial charge is 0.378 e. The number of nitrogens with zero attached hydrogens (tertiary/aromatic N) is 5. The third kappa shape index (κ3) is 6.16. The fourth-order valence-electron chi connectivity index (χ4n) is 5.27. The molecule has 8 nitrogen and oxygen atoms in total. The van der Waals surface area contributed by atoms with Crippen molar-refractivity contribution < 1.29 is 31.5 Å². The van der Waals surface area contributed by atoms with Gasteiger partial charge in [0.05, 0.1) is 35.7 Å². The van der Waals surface area contributed by atoms with Gasteiger partial charge in [0.1, 0.15) is 11.6 Å². The Labute approximate surface area is 240 Å². The summed E-state index contributed by atoms with van der Waals surface area (Å²) < 4.78 is 75.8. The van der Waals surface area contributed by atoms with Crippen LogP contribution in [-0.4, -0.2) is 79.3 Å². The molecule has 1 aromatic heterocycles. The summed E-state index contributed by atoms with van der Waals surface area (Å²) in [6.45, 7) is 7.30. The molecule has 0 saturated carbocycles. The first-order valence-electron chi connectivity index (χ1n) is 13.6. The molecule has 2 fully saturated rings. The molecule has 42 heavy (non-hydrogen) atoms. The van der Waals surface area contributed by atoms with Gasteiger partial charge in [0.2, 0.25) is 5.95 Å². The van der Waals surface area contributed by atoms with E-state index in [0.29, 0.717) is 56.6 Å². The molecule has 2 atom stereocenters. The average Bonchev–Trinajstić information content (AvgIpc) is 2.96. The lowest BCUT2D eigenvalue weighted by molar-refractivity contribution is -0.138. The van der Waals surface area contributed by atoms with E-state index in [9.17, 15) is 22.4 Å². The van der Waals surface area contributed by atoms with E-state index in [4.69, 9.17) is 4.74 Å². The number of morpholine rings is 1. The number of ether oxygens (including phenoxy) is 1. The second-order valence-electron chi connectivity index (χ2n) is 10.6. The lowest BCUT2D eigenvalue weighted by Gasteiger charge is -2.44. The van der Waals surface area contributed by atoms with Gasteiger partial charge in [0.25, 0.3) is 5.91 Å². The molecule has 3 heterocycles. The highest BCUT2D eigenvalue weighted by Gasteiger charge is 2.36. The second-order valence-corrected chi connectivity index (χ2v) is 10.6. The molecule has 0 spiro atoms. The lowest BCUT2D eigenvalue weighted by Crippen LogP contribution is -2.55. The number of alkyl halides is 3. The minimum absolute atomic E-state index is 0.0629. The molecule has 2 aliphatic rings. The molecule has 0 radical (unpaired) electrons. The molecule has 224 valence electrons. The maximum atomic E-state index is 15.7. The predicted molar refractivity (Wildman–Crippen MR) is 149 cm³/mol. The molecular formula is C29H31F5N6O2. The number of hydrogen-bond donors (Lipinski definition) is 1. The average molecular weight is 591 g/mol. The molecule has 2 aromatic carbocycles. The number of rotatable bonds is 5. The summed E-state index contributed by atoms with van der Waals surface area (Å²) in [5.41, 5.74) is -1.35. The van der Waals surface area contributed by atoms with E-state index in [2.05, 4.69) is 20.2 Å². The number of likely N-dealkylation sites (N-methyl/N-ethyl adjacent to an activating group) is 1. The van der Waals surface area contributed by atoms with Crippen LogP contribution in [0, 0.1) is 11.6 Å². The van der Waals surface area contributed by atoms with Crippen molar-refractivity contribution >= 4 is 23.2 Å². The van der Waals surface area contributed by atoms with Gasteiger partial charge >= 0.3 is 6.18 Å². The van der Waals surface area contributed by atoms with Gasteiger partial charge in [-0.2, -0.15) is 13.2 Å². The SMILES string of the molecule is C[C@H]1CN(c2cc(F)c(-c3cnc(N4CCOCC4)nc3)cc2NC(=O)c2ccc(F)cc2C(F)(F)F)C[C@H](C)N1C. The predicted octanol–water partition coefficient (Wildman–Crippen LogP) is 5.06. The monoisotopic (exact) mass is 590 g/mol. The number of amides is 1. The molecule has 2 aliphatic heterocycles. The fraction of sp³-hybridized carbons (Fsp3) is 0.414. The summed E-state index contributed by atoms with van der Waals surface area (Å²) in [6, 6.07) is 4.66. The largest absolute Gasteiger partial charge is 0.417 e. The first kappa shape index (κ1) is 29.6. The van der Waals surface area contributed by atoms with Crippen LogP contribution in [0.15, 0.2) is 42.7 Å². The van der Waals surface area contributed by atoms with Crippen molar-refractivity contribution in [2.75, 3.05) is 61.6 Å². The molecule has 1 amide bonds. The molecule has 0 unspecified atom stereocenters. The Hall–Kier alpha value is -3.84. The Morgan fingerprint density at radius 1 is 0.976 bits per heavy atom. The summed E-state index contributed by atoms with van der Waals surface area (Å²) in [6.07, 6.45) is -2.04. The highest BCUT2D eigenvalue weighted by atomic mass is 19.4. The summed E-state index contributed by atoms with van der Waals surface area (Å²) in [5, 5.41) is 2.55. The van der Waals surface area contributed by atoms with Gasteiger partial charge in [-0.05, 0) is 51.2 Å². The summed E-state index contributed by atoms with van der Waals surface area (Å²) in [7, 11) is 1.98. The van der Waals surface area contributed by atoms with Crippen LogP contribution >= 0.6 is 0 Å². The van der Waals surface area contributed by atoms with E-state index in [1.807, 2.05) is 30.7 Å². The Balaban J connectivity index is 1.54. The number of carbonyl (C=O) groups excluding carboxylic acids is 1.